The van der Waals surface area contributed by atoms with Gasteiger partial charge in [0.2, 0.25) is 0 Å². The molecule has 1 aromatic rings. The number of aryl methyl sites for hydroxylation is 1. The second-order valence-electron chi connectivity index (χ2n) is 8.84. The third-order valence-electron chi connectivity index (χ3n) is 5.03. The van der Waals surface area contributed by atoms with E-state index in [0.717, 1.165) is 29.4 Å². The van der Waals surface area contributed by atoms with Crippen molar-refractivity contribution in [3.8, 4) is 0 Å². The SMILES string of the molecule is C=CCC(CS(=C)(C)=O)[C@@H](C)CCC.CCC.C\C=C(F)/C=C(F)\C(=C\C)c1ccc(C)cc1. The lowest BCUT2D eigenvalue weighted by Gasteiger charge is -2.23. The standard InChI is InChI=1S/C15H16F2.C12H24OS.C3H8/c1-4-13(16)10-15(17)14(5-2)12-8-6-11(3)7-9-12;1-6-8-11(3)12(9-7-2)10-14(4,5)13;1-3-2/h4-10H,1-3H3;7,11-12H,2,4,6,8-10H2,1,3,5H3;3H2,1-2H3/b13-4+,14-5+,15-10+;;/t;11-,12?,14?;/m.0./s1. The van der Waals surface area contributed by atoms with E-state index in [1.807, 2.05) is 37.3 Å². The molecule has 2 unspecified atom stereocenters. The minimum atomic E-state index is -1.86. The van der Waals surface area contributed by atoms with E-state index in [4.69, 9.17) is 0 Å². The predicted octanol–water partition coefficient (Wildman–Crippen LogP) is 9.50. The molecular weight excluding hydrogens is 446 g/mol. The molecular formula is C30H48F2OS. The van der Waals surface area contributed by atoms with E-state index in [9.17, 15) is 13.0 Å². The molecule has 0 saturated heterocycles. The van der Waals surface area contributed by atoms with Crippen LogP contribution in [0.1, 0.15) is 78.4 Å². The molecule has 4 heteroatoms. The summed E-state index contributed by atoms with van der Waals surface area (Å²) in [5.41, 5.74) is 2.26. The van der Waals surface area contributed by atoms with Gasteiger partial charge in [-0.05, 0) is 60.0 Å². The molecule has 34 heavy (non-hydrogen) atoms. The third kappa shape index (κ3) is 16.6. The van der Waals surface area contributed by atoms with Crippen LogP contribution in [0.5, 0.6) is 0 Å². The molecule has 0 spiro atoms. The summed E-state index contributed by atoms with van der Waals surface area (Å²) < 4.78 is 38.4. The largest absolute Gasteiger partial charge is 0.268 e. The van der Waals surface area contributed by atoms with Crippen LogP contribution in [0.2, 0.25) is 0 Å². The van der Waals surface area contributed by atoms with Crippen molar-refractivity contribution in [3.05, 3.63) is 77.9 Å². The van der Waals surface area contributed by atoms with Crippen molar-refractivity contribution in [2.75, 3.05) is 12.0 Å². The topological polar surface area (TPSA) is 17.1 Å². The Labute approximate surface area is 209 Å². The lowest BCUT2D eigenvalue weighted by molar-refractivity contribution is 0.368. The van der Waals surface area contributed by atoms with Crippen LogP contribution in [-0.4, -0.2) is 22.1 Å². The first-order valence-corrected chi connectivity index (χ1v) is 14.5. The van der Waals surface area contributed by atoms with Crippen molar-refractivity contribution in [3.63, 3.8) is 0 Å². The summed E-state index contributed by atoms with van der Waals surface area (Å²) in [6, 6.07) is 7.45. The molecule has 0 amide bonds. The van der Waals surface area contributed by atoms with Gasteiger partial charge in [0, 0.05) is 23.7 Å². The van der Waals surface area contributed by atoms with Gasteiger partial charge in [-0.15, -0.1) is 6.58 Å². The van der Waals surface area contributed by atoms with Crippen molar-refractivity contribution < 1.29 is 13.0 Å². The summed E-state index contributed by atoms with van der Waals surface area (Å²) in [7, 11) is -1.86. The van der Waals surface area contributed by atoms with E-state index in [1.54, 1.807) is 19.3 Å². The van der Waals surface area contributed by atoms with Crippen molar-refractivity contribution in [1.29, 1.82) is 0 Å². The Kier molecular flexibility index (Phi) is 19.5. The fourth-order valence-corrected chi connectivity index (χ4v) is 4.65. The summed E-state index contributed by atoms with van der Waals surface area (Å²) >= 11 is 0. The zero-order chi connectivity index (χ0) is 26.7. The monoisotopic (exact) mass is 494 g/mol. The molecule has 0 heterocycles. The van der Waals surface area contributed by atoms with Crippen molar-refractivity contribution in [1.82, 2.24) is 0 Å². The Bertz CT molecular complexity index is 875. The van der Waals surface area contributed by atoms with Crippen LogP contribution in [0, 0.1) is 18.8 Å². The first-order valence-electron chi connectivity index (χ1n) is 12.2. The molecule has 0 saturated carbocycles. The van der Waals surface area contributed by atoms with Crippen LogP contribution in [0.25, 0.3) is 5.57 Å². The smallest absolute Gasteiger partial charge is 0.133 e. The highest BCUT2D eigenvalue weighted by Crippen LogP contribution is 2.26. The Balaban J connectivity index is 0. The van der Waals surface area contributed by atoms with Gasteiger partial charge in [0.05, 0.1) is 0 Å². The maximum Gasteiger partial charge on any atom is 0.133 e. The Morgan fingerprint density at radius 1 is 1.09 bits per heavy atom. The van der Waals surface area contributed by atoms with Crippen LogP contribution in [0.3, 0.4) is 0 Å². The van der Waals surface area contributed by atoms with Gasteiger partial charge in [-0.1, -0.05) is 95.0 Å². The molecule has 0 radical (unpaired) electrons. The van der Waals surface area contributed by atoms with Crippen LogP contribution in [0.4, 0.5) is 8.78 Å². The molecule has 0 aliphatic carbocycles. The molecule has 0 N–H and O–H groups in total. The second-order valence-corrected chi connectivity index (χ2v) is 11.5. The lowest BCUT2D eigenvalue weighted by Crippen LogP contribution is -2.21. The van der Waals surface area contributed by atoms with Gasteiger partial charge in [0.25, 0.3) is 0 Å². The number of hydrogen-bond acceptors (Lipinski definition) is 1. The van der Waals surface area contributed by atoms with Gasteiger partial charge in [-0.25, -0.2) is 8.78 Å². The highest BCUT2D eigenvalue weighted by Gasteiger charge is 2.17. The molecule has 0 aromatic heterocycles. The quantitative estimate of drug-likeness (QED) is 0.180. The Hall–Kier alpha value is -1.94. The molecule has 0 bridgehead atoms. The normalized spacial score (nSPS) is 15.6. The minimum absolute atomic E-state index is 0.405. The highest BCUT2D eigenvalue weighted by atomic mass is 32.2. The number of benzene rings is 1. The molecule has 194 valence electrons. The van der Waals surface area contributed by atoms with Gasteiger partial charge in [0.15, 0.2) is 0 Å². The third-order valence-corrected chi connectivity index (χ3v) is 6.17. The summed E-state index contributed by atoms with van der Waals surface area (Å²) in [6.45, 7) is 17.7. The first-order chi connectivity index (χ1) is 15.9. The number of rotatable bonds is 10. The van der Waals surface area contributed by atoms with Crippen molar-refractivity contribution in [2.24, 2.45) is 11.8 Å². The minimum Gasteiger partial charge on any atom is -0.268 e. The summed E-state index contributed by atoms with van der Waals surface area (Å²) in [5.74, 6) is 4.44. The van der Waals surface area contributed by atoms with Crippen LogP contribution < -0.4 is 0 Å². The zero-order valence-electron chi connectivity index (χ0n) is 22.8. The van der Waals surface area contributed by atoms with Gasteiger partial charge < -0.3 is 0 Å². The summed E-state index contributed by atoms with van der Waals surface area (Å²) in [4.78, 5) is 0. The predicted molar refractivity (Wildman–Crippen MR) is 153 cm³/mol. The molecule has 0 fully saturated rings. The lowest BCUT2D eigenvalue weighted by atomic mass is 9.89. The Morgan fingerprint density at radius 3 is 2.00 bits per heavy atom. The molecule has 0 aliphatic rings. The average Bonchev–Trinajstić information content (AvgIpc) is 2.75. The van der Waals surface area contributed by atoms with Crippen LogP contribution >= 0.6 is 0 Å². The van der Waals surface area contributed by atoms with E-state index >= 15 is 0 Å². The van der Waals surface area contributed by atoms with Crippen molar-refractivity contribution >= 4 is 21.0 Å². The molecule has 3 atom stereocenters. The summed E-state index contributed by atoms with van der Waals surface area (Å²) in [5, 5.41) is 0. The van der Waals surface area contributed by atoms with Crippen LogP contribution in [0.15, 0.2) is 66.8 Å². The fraction of sp³-hybridized carbons (Fsp3) is 0.500. The van der Waals surface area contributed by atoms with E-state index < -0.39 is 21.2 Å². The second kappa shape index (κ2) is 19.4. The Morgan fingerprint density at radius 2 is 1.62 bits per heavy atom. The van der Waals surface area contributed by atoms with Gasteiger partial charge in [0.1, 0.15) is 11.7 Å². The zero-order valence-corrected chi connectivity index (χ0v) is 23.6. The fourth-order valence-electron chi connectivity index (χ4n) is 3.28. The first kappa shape index (κ1) is 34.2. The number of halogens is 2. The number of allylic oxidation sites excluding steroid dienone is 7. The average molecular weight is 495 g/mol. The van der Waals surface area contributed by atoms with Crippen molar-refractivity contribution in [2.45, 2.75) is 74.1 Å². The molecule has 1 aromatic carbocycles. The summed E-state index contributed by atoms with van der Waals surface area (Å²) in [6.07, 6.45) is 12.0. The maximum absolute atomic E-state index is 13.8. The van der Waals surface area contributed by atoms with Gasteiger partial charge in [-0.3, -0.25) is 4.21 Å². The maximum atomic E-state index is 13.8. The van der Waals surface area contributed by atoms with Gasteiger partial charge in [-0.2, -0.15) is 0 Å². The highest BCUT2D eigenvalue weighted by molar-refractivity contribution is 7.99. The molecule has 1 rings (SSSR count). The molecule has 1 nitrogen and oxygen atoms in total. The van der Waals surface area contributed by atoms with E-state index in [1.165, 1.54) is 32.3 Å². The molecule has 0 aliphatic heterocycles. The van der Waals surface area contributed by atoms with E-state index in [2.05, 4.69) is 40.1 Å². The van der Waals surface area contributed by atoms with E-state index in [0.29, 0.717) is 17.4 Å². The van der Waals surface area contributed by atoms with E-state index in [-0.39, 0.29) is 0 Å². The van der Waals surface area contributed by atoms with Crippen LogP contribution in [-0.2, 0) is 9.52 Å². The number of hydrogen-bond donors (Lipinski definition) is 0. The van der Waals surface area contributed by atoms with Gasteiger partial charge >= 0.3 is 0 Å².